The van der Waals surface area contributed by atoms with Crippen LogP contribution in [-0.2, 0) is 6.54 Å². The number of aromatic amines is 1. The molecule has 184 valence electrons. The summed E-state index contributed by atoms with van der Waals surface area (Å²) in [6.45, 7) is 5.29. The Labute approximate surface area is 200 Å². The Morgan fingerprint density at radius 3 is 2.89 bits per heavy atom. The van der Waals surface area contributed by atoms with Crippen LogP contribution in [0.1, 0.15) is 37.6 Å². The standard InChI is InChI=1S/C24H27F2N7O2/c1-24(2,3)31-22(34)16-10-28-21-20(16)30-17(11-29-21)19-15-8-14(35-23(25)26)4-5-18(15)33(32-19)12-13-6-7-27-9-13/h4-5,8,10-11,13,23,27H,6-7,9,12H2,1-3H3,(H,28,29)(H,31,34). The van der Waals surface area contributed by atoms with Gasteiger partial charge in [-0.05, 0) is 64.4 Å². The van der Waals surface area contributed by atoms with Gasteiger partial charge in [-0.3, -0.25) is 9.48 Å². The molecule has 9 nitrogen and oxygen atoms in total. The van der Waals surface area contributed by atoms with E-state index in [9.17, 15) is 13.6 Å². The van der Waals surface area contributed by atoms with Crippen molar-refractivity contribution in [1.29, 1.82) is 0 Å². The van der Waals surface area contributed by atoms with E-state index in [0.29, 0.717) is 46.0 Å². The van der Waals surface area contributed by atoms with Crippen LogP contribution in [0.3, 0.4) is 0 Å². The van der Waals surface area contributed by atoms with Crippen molar-refractivity contribution in [3.8, 4) is 17.1 Å². The van der Waals surface area contributed by atoms with Crippen molar-refractivity contribution < 1.29 is 18.3 Å². The highest BCUT2D eigenvalue weighted by Gasteiger charge is 2.23. The van der Waals surface area contributed by atoms with Gasteiger partial charge in [0, 0.05) is 23.7 Å². The molecule has 0 saturated carbocycles. The third kappa shape index (κ3) is 4.81. The Kier molecular flexibility index (Phi) is 5.87. The second kappa shape index (κ2) is 8.88. The van der Waals surface area contributed by atoms with E-state index in [1.807, 2.05) is 25.5 Å². The molecule has 4 aromatic rings. The molecular formula is C24H27F2N7O2. The zero-order valence-corrected chi connectivity index (χ0v) is 19.7. The van der Waals surface area contributed by atoms with Crippen molar-refractivity contribution >= 4 is 28.0 Å². The Hall–Kier alpha value is -3.60. The number of rotatable bonds is 6. The van der Waals surface area contributed by atoms with Gasteiger partial charge in [0.2, 0.25) is 0 Å². The molecule has 0 bridgehead atoms. The molecule has 0 radical (unpaired) electrons. The third-order valence-corrected chi connectivity index (χ3v) is 5.90. The van der Waals surface area contributed by atoms with E-state index in [1.54, 1.807) is 24.5 Å². The molecule has 35 heavy (non-hydrogen) atoms. The van der Waals surface area contributed by atoms with Gasteiger partial charge in [0.1, 0.15) is 22.7 Å². The van der Waals surface area contributed by atoms with Gasteiger partial charge in [0.25, 0.3) is 5.91 Å². The lowest BCUT2D eigenvalue weighted by atomic mass is 10.1. The van der Waals surface area contributed by atoms with Crippen molar-refractivity contribution in [2.75, 3.05) is 13.1 Å². The lowest BCUT2D eigenvalue weighted by Crippen LogP contribution is -2.40. The van der Waals surface area contributed by atoms with Crippen molar-refractivity contribution in [2.45, 2.75) is 45.9 Å². The maximum atomic E-state index is 12.9. The summed E-state index contributed by atoms with van der Waals surface area (Å²) in [7, 11) is 0. The highest BCUT2D eigenvalue weighted by molar-refractivity contribution is 6.05. The molecule has 11 heteroatoms. The fourth-order valence-electron chi connectivity index (χ4n) is 4.36. The van der Waals surface area contributed by atoms with Gasteiger partial charge < -0.3 is 20.4 Å². The molecule has 1 atom stereocenters. The molecule has 1 unspecified atom stereocenters. The normalized spacial score (nSPS) is 16.5. The summed E-state index contributed by atoms with van der Waals surface area (Å²) < 4.78 is 32.3. The molecule has 3 aromatic heterocycles. The summed E-state index contributed by atoms with van der Waals surface area (Å²) in [6.07, 6.45) is 4.17. The minimum absolute atomic E-state index is 0.0387. The maximum absolute atomic E-state index is 12.9. The smallest absolute Gasteiger partial charge is 0.387 e. The van der Waals surface area contributed by atoms with Crippen LogP contribution < -0.4 is 15.4 Å². The average Bonchev–Trinajstić information content (AvgIpc) is 3.51. The number of fused-ring (bicyclic) bond motifs is 2. The summed E-state index contributed by atoms with van der Waals surface area (Å²) in [6, 6.07) is 4.79. The first kappa shape index (κ1) is 23.2. The van der Waals surface area contributed by atoms with E-state index >= 15 is 0 Å². The highest BCUT2D eigenvalue weighted by atomic mass is 19.3. The van der Waals surface area contributed by atoms with Crippen molar-refractivity contribution in [1.82, 2.24) is 35.4 Å². The highest BCUT2D eigenvalue weighted by Crippen LogP contribution is 2.32. The Bertz CT molecular complexity index is 1380. The number of amides is 1. The summed E-state index contributed by atoms with van der Waals surface area (Å²) >= 11 is 0. The van der Waals surface area contributed by atoms with E-state index in [-0.39, 0.29) is 11.7 Å². The van der Waals surface area contributed by atoms with Crippen molar-refractivity contribution in [2.24, 2.45) is 5.92 Å². The van der Waals surface area contributed by atoms with Crippen LogP contribution in [0, 0.1) is 5.92 Å². The summed E-state index contributed by atoms with van der Waals surface area (Å²) in [5.74, 6) is 0.178. The molecule has 5 rings (SSSR count). The number of alkyl halides is 2. The molecule has 1 fully saturated rings. The third-order valence-electron chi connectivity index (χ3n) is 5.90. The van der Waals surface area contributed by atoms with Crippen LogP contribution >= 0.6 is 0 Å². The number of nitrogens with zero attached hydrogens (tertiary/aromatic N) is 4. The molecule has 1 aliphatic rings. The molecular weight excluding hydrogens is 456 g/mol. The molecule has 4 heterocycles. The average molecular weight is 484 g/mol. The fourth-order valence-corrected chi connectivity index (χ4v) is 4.36. The number of carbonyl (C=O) groups is 1. The van der Waals surface area contributed by atoms with E-state index in [1.165, 1.54) is 6.07 Å². The van der Waals surface area contributed by atoms with Crippen LogP contribution in [0.5, 0.6) is 5.75 Å². The van der Waals surface area contributed by atoms with Crippen LogP contribution in [0.25, 0.3) is 33.5 Å². The predicted molar refractivity (Wildman–Crippen MR) is 127 cm³/mol. The summed E-state index contributed by atoms with van der Waals surface area (Å²) in [5, 5.41) is 11.7. The Morgan fingerprint density at radius 2 is 2.17 bits per heavy atom. The number of nitrogens with one attached hydrogen (secondary N) is 3. The largest absolute Gasteiger partial charge is 0.435 e. The molecule has 0 aliphatic carbocycles. The fraction of sp³-hybridized carbons (Fsp3) is 0.417. The van der Waals surface area contributed by atoms with Gasteiger partial charge in [0.15, 0.2) is 5.65 Å². The number of hydrogen-bond donors (Lipinski definition) is 3. The van der Waals surface area contributed by atoms with Crippen molar-refractivity contribution in [3.05, 3.63) is 36.2 Å². The zero-order chi connectivity index (χ0) is 24.7. The molecule has 3 N–H and O–H groups in total. The lowest BCUT2D eigenvalue weighted by Gasteiger charge is -2.19. The van der Waals surface area contributed by atoms with Crippen LogP contribution in [-0.4, -0.2) is 55.9 Å². The number of ether oxygens (including phenoxy) is 1. The first-order chi connectivity index (χ1) is 16.7. The topological polar surface area (TPSA) is 110 Å². The van der Waals surface area contributed by atoms with E-state index < -0.39 is 12.2 Å². The zero-order valence-electron chi connectivity index (χ0n) is 19.7. The number of hydrogen-bond acceptors (Lipinski definition) is 6. The quantitative estimate of drug-likeness (QED) is 0.386. The van der Waals surface area contributed by atoms with Gasteiger partial charge in [-0.1, -0.05) is 0 Å². The second-order valence-corrected chi connectivity index (χ2v) is 9.81. The van der Waals surface area contributed by atoms with Gasteiger partial charge in [-0.25, -0.2) is 9.97 Å². The van der Waals surface area contributed by atoms with Gasteiger partial charge in [-0.15, -0.1) is 0 Å². The van der Waals surface area contributed by atoms with Gasteiger partial charge in [-0.2, -0.15) is 13.9 Å². The number of aromatic nitrogens is 5. The van der Waals surface area contributed by atoms with E-state index in [0.717, 1.165) is 25.0 Å². The van der Waals surface area contributed by atoms with E-state index in [2.05, 4.69) is 25.3 Å². The van der Waals surface area contributed by atoms with E-state index in [4.69, 9.17) is 10.1 Å². The van der Waals surface area contributed by atoms with Crippen LogP contribution in [0.2, 0.25) is 0 Å². The molecule has 0 spiro atoms. The molecule has 1 aliphatic heterocycles. The number of halogens is 2. The number of H-pyrrole nitrogens is 1. The number of carbonyl (C=O) groups excluding carboxylic acids is 1. The second-order valence-electron chi connectivity index (χ2n) is 9.81. The van der Waals surface area contributed by atoms with Crippen LogP contribution in [0.4, 0.5) is 8.78 Å². The molecule has 1 amide bonds. The monoisotopic (exact) mass is 483 g/mol. The lowest BCUT2D eigenvalue weighted by molar-refractivity contribution is -0.0497. The Morgan fingerprint density at radius 1 is 1.34 bits per heavy atom. The summed E-state index contributed by atoms with van der Waals surface area (Å²) in [4.78, 5) is 25.0. The van der Waals surface area contributed by atoms with Crippen LogP contribution in [0.15, 0.2) is 30.6 Å². The van der Waals surface area contributed by atoms with Gasteiger partial charge in [0.05, 0.1) is 17.3 Å². The molecule has 1 aromatic carbocycles. The molecule has 1 saturated heterocycles. The first-order valence-corrected chi connectivity index (χ1v) is 11.5. The maximum Gasteiger partial charge on any atom is 0.387 e. The van der Waals surface area contributed by atoms with Crippen molar-refractivity contribution in [3.63, 3.8) is 0 Å². The predicted octanol–water partition coefficient (Wildman–Crippen LogP) is 3.71. The summed E-state index contributed by atoms with van der Waals surface area (Å²) in [5.41, 5.74) is 2.54. The van der Waals surface area contributed by atoms with Gasteiger partial charge >= 0.3 is 6.61 Å². The minimum atomic E-state index is -2.93. The first-order valence-electron chi connectivity index (χ1n) is 11.5. The Balaban J connectivity index is 1.61. The SMILES string of the molecule is CC(C)(C)NC(=O)c1c[nH]c2ncc(-c3nn(CC4CCNC4)c4ccc(OC(F)F)cc34)nc12. The minimum Gasteiger partial charge on any atom is -0.435 e. The number of benzene rings is 1.